The van der Waals surface area contributed by atoms with E-state index in [0.717, 1.165) is 16.7 Å². The van der Waals surface area contributed by atoms with Crippen LogP contribution in [0, 0.1) is 0 Å². The Morgan fingerprint density at radius 3 is 1.94 bits per heavy atom. The molecule has 0 aliphatic heterocycles. The van der Waals surface area contributed by atoms with Gasteiger partial charge in [-0.25, -0.2) is 0 Å². The summed E-state index contributed by atoms with van der Waals surface area (Å²) in [6.45, 7) is 5.84. The topological polar surface area (TPSA) is 57.2 Å². The fourth-order valence-corrected chi connectivity index (χ4v) is 3.78. The molecule has 1 atom stereocenters. The molecular formula is C27H30O5. The van der Waals surface area contributed by atoms with Crippen molar-refractivity contribution in [1.82, 2.24) is 0 Å². The molecule has 0 radical (unpaired) electrons. The second-order valence-electron chi connectivity index (χ2n) is 7.35. The molecule has 5 nitrogen and oxygen atoms in total. The number of aliphatic hydroxyl groups excluding tert-OH is 1. The Labute approximate surface area is 189 Å². The van der Waals surface area contributed by atoms with Gasteiger partial charge in [-0.3, -0.25) is 0 Å². The molecule has 5 heteroatoms. The molecule has 3 aromatic carbocycles. The lowest BCUT2D eigenvalue weighted by molar-refractivity contribution is -0.0336. The molecule has 0 heterocycles. The van der Waals surface area contributed by atoms with Crippen molar-refractivity contribution in [1.29, 1.82) is 0 Å². The van der Waals surface area contributed by atoms with Crippen LogP contribution >= 0.6 is 0 Å². The molecule has 0 unspecified atom stereocenters. The standard InChI is InChI=1S/C27H30O5/c1-5-18-31-26-24(29-3)17-16-23(25(26)30-4)27(32-19-20(2)28,21-12-8-6-9-13-21)22-14-10-7-11-15-22/h5-17,20,28H,1,18-19H2,2-4H3/t20-/m1/s1. The van der Waals surface area contributed by atoms with E-state index in [0.29, 0.717) is 17.2 Å². The number of benzene rings is 3. The van der Waals surface area contributed by atoms with Gasteiger partial charge in [0.1, 0.15) is 12.2 Å². The van der Waals surface area contributed by atoms with Crippen LogP contribution in [-0.4, -0.2) is 38.6 Å². The molecule has 32 heavy (non-hydrogen) atoms. The summed E-state index contributed by atoms with van der Waals surface area (Å²) in [6.07, 6.45) is 1.000. The molecule has 3 rings (SSSR count). The number of ether oxygens (including phenoxy) is 4. The van der Waals surface area contributed by atoms with E-state index in [1.807, 2.05) is 72.8 Å². The minimum absolute atomic E-state index is 0.113. The van der Waals surface area contributed by atoms with Crippen LogP contribution in [0.5, 0.6) is 17.2 Å². The predicted octanol–water partition coefficient (Wildman–Crippen LogP) is 4.96. The zero-order valence-corrected chi connectivity index (χ0v) is 18.8. The van der Waals surface area contributed by atoms with Crippen molar-refractivity contribution in [3.63, 3.8) is 0 Å². The van der Waals surface area contributed by atoms with Gasteiger partial charge in [0.05, 0.1) is 26.9 Å². The van der Waals surface area contributed by atoms with E-state index >= 15 is 0 Å². The van der Waals surface area contributed by atoms with Gasteiger partial charge < -0.3 is 24.1 Å². The van der Waals surface area contributed by atoms with Gasteiger partial charge >= 0.3 is 0 Å². The second-order valence-corrected chi connectivity index (χ2v) is 7.35. The van der Waals surface area contributed by atoms with Crippen molar-refractivity contribution >= 4 is 0 Å². The third kappa shape index (κ3) is 4.64. The molecule has 0 amide bonds. The van der Waals surface area contributed by atoms with Crippen LogP contribution in [0.15, 0.2) is 85.5 Å². The van der Waals surface area contributed by atoms with E-state index < -0.39 is 11.7 Å². The summed E-state index contributed by atoms with van der Waals surface area (Å²) in [5.41, 5.74) is 1.46. The lowest BCUT2D eigenvalue weighted by Crippen LogP contribution is -2.35. The Balaban J connectivity index is 2.38. The quantitative estimate of drug-likeness (QED) is 0.342. The van der Waals surface area contributed by atoms with Crippen LogP contribution in [-0.2, 0) is 10.3 Å². The van der Waals surface area contributed by atoms with Gasteiger partial charge in [0.25, 0.3) is 0 Å². The second kappa shape index (κ2) is 10.8. The molecular weight excluding hydrogens is 404 g/mol. The normalized spacial score (nSPS) is 12.1. The van der Waals surface area contributed by atoms with Gasteiger partial charge in [-0.1, -0.05) is 73.3 Å². The molecule has 0 saturated carbocycles. The Hall–Kier alpha value is -3.28. The van der Waals surface area contributed by atoms with Crippen molar-refractivity contribution in [3.8, 4) is 17.2 Å². The van der Waals surface area contributed by atoms with Crippen molar-refractivity contribution in [2.24, 2.45) is 0 Å². The summed E-state index contributed by atoms with van der Waals surface area (Å²) in [4.78, 5) is 0. The molecule has 3 aromatic rings. The maximum absolute atomic E-state index is 10.1. The van der Waals surface area contributed by atoms with E-state index in [4.69, 9.17) is 18.9 Å². The van der Waals surface area contributed by atoms with E-state index in [9.17, 15) is 5.11 Å². The SMILES string of the molecule is C=CCOc1c(OC)ccc(C(OC[C@@H](C)O)(c2ccccc2)c2ccccc2)c1OC. The number of hydrogen-bond acceptors (Lipinski definition) is 5. The number of aliphatic hydroxyl groups is 1. The molecule has 0 fully saturated rings. The van der Waals surface area contributed by atoms with Crippen LogP contribution in [0.4, 0.5) is 0 Å². The zero-order valence-electron chi connectivity index (χ0n) is 18.8. The maximum atomic E-state index is 10.1. The number of hydrogen-bond donors (Lipinski definition) is 1. The monoisotopic (exact) mass is 434 g/mol. The van der Waals surface area contributed by atoms with Gasteiger partial charge in [-0.2, -0.15) is 0 Å². The average Bonchev–Trinajstić information content (AvgIpc) is 2.84. The first kappa shape index (κ1) is 23.4. The largest absolute Gasteiger partial charge is 0.493 e. The minimum Gasteiger partial charge on any atom is -0.493 e. The zero-order chi connectivity index (χ0) is 23.0. The van der Waals surface area contributed by atoms with Crippen LogP contribution < -0.4 is 14.2 Å². The summed E-state index contributed by atoms with van der Waals surface area (Å²) >= 11 is 0. The fourth-order valence-electron chi connectivity index (χ4n) is 3.78. The molecule has 0 saturated heterocycles. The Morgan fingerprint density at radius 2 is 1.47 bits per heavy atom. The summed E-state index contributed by atoms with van der Waals surface area (Å²) in [7, 11) is 3.18. The molecule has 1 N–H and O–H groups in total. The van der Waals surface area contributed by atoms with E-state index in [1.165, 1.54) is 0 Å². The van der Waals surface area contributed by atoms with E-state index in [-0.39, 0.29) is 13.2 Å². The highest BCUT2D eigenvalue weighted by molar-refractivity contribution is 5.62. The van der Waals surface area contributed by atoms with Gasteiger partial charge in [0, 0.05) is 5.56 Å². The van der Waals surface area contributed by atoms with Gasteiger partial charge in [-0.15, -0.1) is 0 Å². The Bertz CT molecular complexity index is 960. The van der Waals surface area contributed by atoms with Crippen LogP contribution in [0.1, 0.15) is 23.6 Å². The van der Waals surface area contributed by atoms with Crippen LogP contribution in [0.2, 0.25) is 0 Å². The van der Waals surface area contributed by atoms with Gasteiger partial charge in [-0.05, 0) is 30.2 Å². The van der Waals surface area contributed by atoms with E-state index in [1.54, 1.807) is 27.2 Å². The first-order valence-electron chi connectivity index (χ1n) is 10.5. The van der Waals surface area contributed by atoms with Crippen LogP contribution in [0.3, 0.4) is 0 Å². The average molecular weight is 435 g/mol. The molecule has 0 aliphatic carbocycles. The summed E-state index contributed by atoms with van der Waals surface area (Å²) in [5.74, 6) is 1.49. The van der Waals surface area contributed by atoms with Crippen molar-refractivity contribution in [2.45, 2.75) is 18.6 Å². The molecule has 0 spiro atoms. The summed E-state index contributed by atoms with van der Waals surface area (Å²) < 4.78 is 24.0. The molecule has 0 aromatic heterocycles. The van der Waals surface area contributed by atoms with Gasteiger partial charge in [0.2, 0.25) is 5.75 Å². The van der Waals surface area contributed by atoms with Crippen molar-refractivity contribution in [3.05, 3.63) is 102 Å². The Kier molecular flexibility index (Phi) is 7.92. The minimum atomic E-state index is -1.07. The maximum Gasteiger partial charge on any atom is 0.204 e. The lowest BCUT2D eigenvalue weighted by atomic mass is 9.79. The lowest BCUT2D eigenvalue weighted by Gasteiger charge is -2.37. The number of rotatable bonds is 11. The molecule has 168 valence electrons. The van der Waals surface area contributed by atoms with Crippen molar-refractivity contribution < 1.29 is 24.1 Å². The molecule has 0 aliphatic rings. The highest BCUT2D eigenvalue weighted by atomic mass is 16.5. The smallest absolute Gasteiger partial charge is 0.204 e. The third-order valence-corrected chi connectivity index (χ3v) is 5.13. The first-order valence-corrected chi connectivity index (χ1v) is 10.5. The third-order valence-electron chi connectivity index (χ3n) is 5.13. The highest BCUT2D eigenvalue weighted by Crippen LogP contribution is 2.50. The fraction of sp³-hybridized carbons (Fsp3) is 0.259. The van der Waals surface area contributed by atoms with Crippen molar-refractivity contribution in [2.75, 3.05) is 27.4 Å². The Morgan fingerprint density at radius 1 is 0.875 bits per heavy atom. The first-order chi connectivity index (χ1) is 15.6. The highest BCUT2D eigenvalue weighted by Gasteiger charge is 2.41. The summed E-state index contributed by atoms with van der Waals surface area (Å²) in [6, 6.07) is 23.5. The molecule has 0 bridgehead atoms. The summed E-state index contributed by atoms with van der Waals surface area (Å²) in [5, 5.41) is 10.1. The van der Waals surface area contributed by atoms with Crippen LogP contribution in [0.25, 0.3) is 0 Å². The van der Waals surface area contributed by atoms with Gasteiger partial charge in [0.15, 0.2) is 11.5 Å². The predicted molar refractivity (Wildman–Crippen MR) is 126 cm³/mol. The number of methoxy groups -OCH3 is 2. The van der Waals surface area contributed by atoms with E-state index in [2.05, 4.69) is 6.58 Å².